The van der Waals surface area contributed by atoms with Crippen LogP contribution in [0.1, 0.15) is 29.6 Å². The molecule has 1 fully saturated rings. The Kier molecular flexibility index (Phi) is 4.81. The van der Waals surface area contributed by atoms with Crippen molar-refractivity contribution >= 4 is 50.6 Å². The average molecular weight is 362 g/mol. The average Bonchev–Trinajstić information content (AvgIpc) is 2.36. The molecule has 0 radical (unpaired) electrons. The lowest BCUT2D eigenvalue weighted by molar-refractivity contribution is 0.0681. The molecule has 19 heavy (non-hydrogen) atoms. The molecule has 3 nitrogen and oxygen atoms in total. The van der Waals surface area contributed by atoms with E-state index in [0.29, 0.717) is 22.1 Å². The highest BCUT2D eigenvalue weighted by molar-refractivity contribution is 9.10. The summed E-state index contributed by atoms with van der Waals surface area (Å²) in [5.41, 5.74) is 6.29. The van der Waals surface area contributed by atoms with Crippen molar-refractivity contribution in [3.8, 4) is 0 Å². The van der Waals surface area contributed by atoms with E-state index in [1.807, 2.05) is 0 Å². The van der Waals surface area contributed by atoms with Gasteiger partial charge in [0.2, 0.25) is 0 Å². The number of carbonyl (C=O) groups excluding carboxylic acids is 1. The second-order valence-electron chi connectivity index (χ2n) is 4.57. The lowest BCUT2D eigenvalue weighted by Crippen LogP contribution is -2.49. The molecular formula is C13H14BrClN2OS. The highest BCUT2D eigenvalue weighted by Crippen LogP contribution is 2.24. The Morgan fingerprint density at radius 2 is 2.16 bits per heavy atom. The fraction of sp³-hybridized carbons (Fsp3) is 0.385. The van der Waals surface area contributed by atoms with Crippen molar-refractivity contribution in [2.75, 3.05) is 6.54 Å². The van der Waals surface area contributed by atoms with Crippen LogP contribution < -0.4 is 5.73 Å². The second kappa shape index (κ2) is 6.20. The smallest absolute Gasteiger partial charge is 0.254 e. The molecule has 1 amide bonds. The third kappa shape index (κ3) is 3.46. The molecule has 1 aromatic carbocycles. The van der Waals surface area contributed by atoms with Crippen LogP contribution in [0.25, 0.3) is 0 Å². The van der Waals surface area contributed by atoms with E-state index < -0.39 is 0 Å². The number of likely N-dealkylation sites (tertiary alicyclic amines) is 1. The highest BCUT2D eigenvalue weighted by Gasteiger charge is 2.29. The van der Waals surface area contributed by atoms with Gasteiger partial charge in [0.05, 0.1) is 11.0 Å². The quantitative estimate of drug-likeness (QED) is 0.821. The summed E-state index contributed by atoms with van der Waals surface area (Å²) >= 11 is 14.4. The summed E-state index contributed by atoms with van der Waals surface area (Å²) in [6, 6.07) is 5.04. The van der Waals surface area contributed by atoms with Crippen LogP contribution in [-0.2, 0) is 0 Å². The van der Waals surface area contributed by atoms with Crippen molar-refractivity contribution in [1.29, 1.82) is 0 Å². The summed E-state index contributed by atoms with van der Waals surface area (Å²) in [5, 5.41) is 0.529. The molecule has 1 unspecified atom stereocenters. The van der Waals surface area contributed by atoms with Gasteiger partial charge in [0.25, 0.3) is 5.91 Å². The largest absolute Gasteiger partial charge is 0.392 e. The molecule has 1 atom stereocenters. The molecule has 0 spiro atoms. The summed E-state index contributed by atoms with van der Waals surface area (Å²) in [6.07, 6.45) is 2.86. The van der Waals surface area contributed by atoms with Gasteiger partial charge in [0.1, 0.15) is 0 Å². The van der Waals surface area contributed by atoms with Crippen LogP contribution in [0, 0.1) is 0 Å². The molecule has 0 saturated carbocycles. The molecule has 0 aromatic heterocycles. The normalized spacial score (nSPS) is 19.3. The Hall–Kier alpha value is -0.650. The molecule has 6 heteroatoms. The number of halogens is 2. The van der Waals surface area contributed by atoms with Crippen molar-refractivity contribution in [1.82, 2.24) is 4.90 Å². The molecule has 1 heterocycles. The third-order valence-corrected chi connectivity index (χ3v) is 4.15. The van der Waals surface area contributed by atoms with Gasteiger partial charge in [0.15, 0.2) is 0 Å². The van der Waals surface area contributed by atoms with Gasteiger partial charge in [-0.1, -0.05) is 39.7 Å². The number of carbonyl (C=O) groups is 1. The zero-order chi connectivity index (χ0) is 14.0. The Morgan fingerprint density at radius 1 is 1.42 bits per heavy atom. The number of nitrogens with zero attached hydrogens (tertiary/aromatic N) is 1. The summed E-state index contributed by atoms with van der Waals surface area (Å²) < 4.78 is 0.784. The third-order valence-electron chi connectivity index (χ3n) is 3.20. The number of thiocarbonyl (C=S) groups is 1. The topological polar surface area (TPSA) is 46.3 Å². The van der Waals surface area contributed by atoms with E-state index in [-0.39, 0.29) is 11.9 Å². The molecule has 102 valence electrons. The van der Waals surface area contributed by atoms with Gasteiger partial charge < -0.3 is 10.6 Å². The minimum absolute atomic E-state index is 0.0688. The Balaban J connectivity index is 2.28. The molecule has 0 bridgehead atoms. The van der Waals surface area contributed by atoms with E-state index in [2.05, 4.69) is 15.9 Å². The first-order chi connectivity index (χ1) is 8.99. The van der Waals surface area contributed by atoms with Gasteiger partial charge in [-0.2, -0.15) is 0 Å². The maximum Gasteiger partial charge on any atom is 0.254 e. The number of benzene rings is 1. The Morgan fingerprint density at radius 3 is 2.79 bits per heavy atom. The van der Waals surface area contributed by atoms with Crippen LogP contribution in [0.5, 0.6) is 0 Å². The van der Waals surface area contributed by atoms with Crippen LogP contribution >= 0.6 is 39.7 Å². The first-order valence-electron chi connectivity index (χ1n) is 6.05. The monoisotopic (exact) mass is 360 g/mol. The van der Waals surface area contributed by atoms with Crippen LogP contribution in [-0.4, -0.2) is 28.4 Å². The zero-order valence-electron chi connectivity index (χ0n) is 10.2. The van der Waals surface area contributed by atoms with Gasteiger partial charge in [-0.3, -0.25) is 4.79 Å². The number of piperidine rings is 1. The molecule has 1 aromatic rings. The summed E-state index contributed by atoms with van der Waals surface area (Å²) in [7, 11) is 0. The van der Waals surface area contributed by atoms with Crippen molar-refractivity contribution in [3.63, 3.8) is 0 Å². The molecule has 2 N–H and O–H groups in total. The fourth-order valence-corrected chi connectivity index (χ4v) is 3.42. The van der Waals surface area contributed by atoms with Gasteiger partial charge >= 0.3 is 0 Å². The van der Waals surface area contributed by atoms with Crippen LogP contribution in [0.2, 0.25) is 5.02 Å². The Bertz CT molecular complexity index is 503. The van der Waals surface area contributed by atoms with Gasteiger partial charge in [-0.25, -0.2) is 0 Å². The van der Waals surface area contributed by atoms with Crippen molar-refractivity contribution in [2.24, 2.45) is 5.73 Å². The predicted molar refractivity (Wildman–Crippen MR) is 84.6 cm³/mol. The second-order valence-corrected chi connectivity index (χ2v) is 6.39. The summed E-state index contributed by atoms with van der Waals surface area (Å²) in [6.45, 7) is 0.685. The van der Waals surface area contributed by atoms with Crippen LogP contribution in [0.15, 0.2) is 22.7 Å². The lowest BCUT2D eigenvalue weighted by atomic mass is 10.0. The standard InChI is InChI=1S/C13H14BrClN2OS/c14-9-5-8(6-10(15)7-9)13(18)17-4-2-1-3-11(17)12(16)19/h5-7,11H,1-4H2,(H2,16,19). The van der Waals surface area contributed by atoms with Gasteiger partial charge in [-0.15, -0.1) is 0 Å². The van der Waals surface area contributed by atoms with E-state index in [0.717, 1.165) is 23.7 Å². The number of nitrogens with two attached hydrogens (primary N) is 1. The summed E-state index contributed by atoms with van der Waals surface area (Å²) in [4.78, 5) is 14.7. The minimum Gasteiger partial charge on any atom is -0.392 e. The number of amides is 1. The van der Waals surface area contributed by atoms with Crippen LogP contribution in [0.4, 0.5) is 0 Å². The molecule has 2 rings (SSSR count). The van der Waals surface area contributed by atoms with E-state index in [1.165, 1.54) is 0 Å². The molecule has 1 aliphatic heterocycles. The minimum atomic E-state index is -0.144. The number of hydrogen-bond acceptors (Lipinski definition) is 2. The van der Waals surface area contributed by atoms with Crippen molar-refractivity contribution in [2.45, 2.75) is 25.3 Å². The van der Waals surface area contributed by atoms with E-state index in [9.17, 15) is 4.79 Å². The first-order valence-corrected chi connectivity index (χ1v) is 7.63. The van der Waals surface area contributed by atoms with E-state index >= 15 is 0 Å². The van der Waals surface area contributed by atoms with E-state index in [1.54, 1.807) is 23.1 Å². The van der Waals surface area contributed by atoms with Crippen molar-refractivity contribution < 1.29 is 4.79 Å². The lowest BCUT2D eigenvalue weighted by Gasteiger charge is -2.35. The van der Waals surface area contributed by atoms with Gasteiger partial charge in [-0.05, 0) is 37.5 Å². The predicted octanol–water partition coefficient (Wildman–Crippen LogP) is 3.38. The molecule has 1 aliphatic rings. The van der Waals surface area contributed by atoms with Crippen LogP contribution in [0.3, 0.4) is 0 Å². The molecule has 1 saturated heterocycles. The van der Waals surface area contributed by atoms with E-state index in [4.69, 9.17) is 29.6 Å². The SMILES string of the molecule is NC(=S)C1CCCCN1C(=O)c1cc(Cl)cc(Br)c1. The number of hydrogen-bond donors (Lipinski definition) is 1. The zero-order valence-corrected chi connectivity index (χ0v) is 13.4. The maximum atomic E-state index is 12.6. The summed E-state index contributed by atoms with van der Waals surface area (Å²) in [5.74, 6) is -0.0688. The highest BCUT2D eigenvalue weighted by atomic mass is 79.9. The Labute approximate surface area is 131 Å². The maximum absolute atomic E-state index is 12.6. The molecular weight excluding hydrogens is 348 g/mol. The number of rotatable bonds is 2. The first kappa shape index (κ1) is 14.8. The molecule has 0 aliphatic carbocycles. The van der Waals surface area contributed by atoms with Gasteiger partial charge in [0, 0.05) is 21.6 Å². The van der Waals surface area contributed by atoms with Crippen molar-refractivity contribution in [3.05, 3.63) is 33.3 Å². The fourth-order valence-electron chi connectivity index (χ4n) is 2.31.